The van der Waals surface area contributed by atoms with Crippen LogP contribution in [0.4, 0.5) is 10.5 Å². The fourth-order valence-electron chi connectivity index (χ4n) is 2.13. The first-order chi connectivity index (χ1) is 12.9. The van der Waals surface area contributed by atoms with Gasteiger partial charge in [0, 0.05) is 29.2 Å². The number of para-hydroxylation sites is 1. The van der Waals surface area contributed by atoms with Crippen LogP contribution in [0.5, 0.6) is 0 Å². The molecule has 0 unspecified atom stereocenters. The molecule has 5 N–H and O–H groups in total. The molecule has 0 saturated heterocycles. The molecule has 0 aliphatic heterocycles. The average Bonchev–Trinajstić information content (AvgIpc) is 2.67. The molecular formula is C19H24N6O2. The van der Waals surface area contributed by atoms with Crippen molar-refractivity contribution in [2.45, 2.75) is 26.8 Å². The SMILES string of the molecule is CC(C(=Nc1ccccc1)NC(=O)N[C@H](C)CO)=C(N)c1cnc(C)nc1. The van der Waals surface area contributed by atoms with Gasteiger partial charge in [0.1, 0.15) is 11.7 Å². The highest BCUT2D eigenvalue weighted by Crippen LogP contribution is 2.16. The minimum absolute atomic E-state index is 0.170. The maximum Gasteiger partial charge on any atom is 0.320 e. The fraction of sp³-hybridized carbons (Fsp3) is 0.263. The normalized spacial score (nSPS) is 13.6. The Kier molecular flexibility index (Phi) is 7.01. The van der Waals surface area contributed by atoms with E-state index in [-0.39, 0.29) is 6.61 Å². The number of hydrogen-bond acceptors (Lipinski definition) is 6. The lowest BCUT2D eigenvalue weighted by Crippen LogP contribution is -2.45. The van der Waals surface area contributed by atoms with Gasteiger partial charge in [-0.15, -0.1) is 0 Å². The van der Waals surface area contributed by atoms with Gasteiger partial charge in [-0.05, 0) is 32.9 Å². The number of aliphatic hydroxyl groups is 1. The van der Waals surface area contributed by atoms with Crippen LogP contribution in [0.25, 0.3) is 5.70 Å². The van der Waals surface area contributed by atoms with E-state index in [0.29, 0.717) is 34.2 Å². The van der Waals surface area contributed by atoms with E-state index < -0.39 is 12.1 Å². The zero-order chi connectivity index (χ0) is 19.8. The summed E-state index contributed by atoms with van der Waals surface area (Å²) >= 11 is 0. The Labute approximate surface area is 158 Å². The van der Waals surface area contributed by atoms with Gasteiger partial charge in [-0.1, -0.05) is 18.2 Å². The summed E-state index contributed by atoms with van der Waals surface area (Å²) < 4.78 is 0. The third kappa shape index (κ3) is 5.89. The predicted molar refractivity (Wildman–Crippen MR) is 105 cm³/mol. The molecule has 1 heterocycles. The van der Waals surface area contributed by atoms with Crippen molar-refractivity contribution < 1.29 is 9.90 Å². The van der Waals surface area contributed by atoms with E-state index in [1.807, 2.05) is 30.3 Å². The summed E-state index contributed by atoms with van der Waals surface area (Å²) in [7, 11) is 0. The Balaban J connectivity index is 2.38. The molecule has 1 aromatic heterocycles. The number of amides is 2. The van der Waals surface area contributed by atoms with Crippen molar-refractivity contribution in [3.63, 3.8) is 0 Å². The molecule has 0 aliphatic carbocycles. The second kappa shape index (κ2) is 9.44. The van der Waals surface area contributed by atoms with Crippen molar-refractivity contribution in [2.75, 3.05) is 6.61 Å². The number of carbonyl (C=O) groups is 1. The fourth-order valence-corrected chi connectivity index (χ4v) is 2.13. The molecule has 0 radical (unpaired) electrons. The lowest BCUT2D eigenvalue weighted by atomic mass is 10.1. The number of rotatable bonds is 5. The van der Waals surface area contributed by atoms with Crippen LogP contribution in [0.3, 0.4) is 0 Å². The van der Waals surface area contributed by atoms with Gasteiger partial charge in [-0.2, -0.15) is 0 Å². The van der Waals surface area contributed by atoms with Gasteiger partial charge in [0.15, 0.2) is 0 Å². The minimum Gasteiger partial charge on any atom is -0.398 e. The van der Waals surface area contributed by atoms with Crippen LogP contribution >= 0.6 is 0 Å². The number of carbonyl (C=O) groups excluding carboxylic acids is 1. The van der Waals surface area contributed by atoms with Crippen molar-refractivity contribution in [3.05, 3.63) is 59.7 Å². The summed E-state index contributed by atoms with van der Waals surface area (Å²) in [5, 5.41) is 14.4. The number of aliphatic hydroxyl groups excluding tert-OH is 1. The smallest absolute Gasteiger partial charge is 0.320 e. The second-order valence-electron chi connectivity index (χ2n) is 6.04. The van der Waals surface area contributed by atoms with E-state index in [4.69, 9.17) is 10.8 Å². The van der Waals surface area contributed by atoms with E-state index in [0.717, 1.165) is 0 Å². The van der Waals surface area contributed by atoms with Crippen LogP contribution < -0.4 is 16.4 Å². The van der Waals surface area contributed by atoms with Crippen LogP contribution in [0.2, 0.25) is 0 Å². The molecule has 2 amide bonds. The molecular weight excluding hydrogens is 344 g/mol. The highest BCUT2D eigenvalue weighted by Gasteiger charge is 2.14. The van der Waals surface area contributed by atoms with E-state index in [2.05, 4.69) is 25.6 Å². The van der Waals surface area contributed by atoms with E-state index >= 15 is 0 Å². The van der Waals surface area contributed by atoms with Crippen molar-refractivity contribution in [2.24, 2.45) is 10.7 Å². The Morgan fingerprint density at radius 1 is 1.26 bits per heavy atom. The highest BCUT2D eigenvalue weighted by molar-refractivity contribution is 6.11. The molecule has 8 heteroatoms. The van der Waals surface area contributed by atoms with Gasteiger partial charge in [0.2, 0.25) is 0 Å². The molecule has 2 rings (SSSR count). The Bertz CT molecular complexity index is 831. The van der Waals surface area contributed by atoms with Crippen molar-refractivity contribution in [3.8, 4) is 0 Å². The minimum atomic E-state index is -0.487. The number of nitrogens with one attached hydrogen (secondary N) is 2. The number of nitrogens with zero attached hydrogens (tertiary/aromatic N) is 3. The van der Waals surface area contributed by atoms with Crippen LogP contribution in [0.15, 0.2) is 53.3 Å². The number of hydrogen-bond donors (Lipinski definition) is 4. The molecule has 0 aliphatic rings. The molecule has 142 valence electrons. The maximum atomic E-state index is 12.2. The Morgan fingerprint density at radius 3 is 2.48 bits per heavy atom. The number of aliphatic imine (C=N–C) groups is 1. The van der Waals surface area contributed by atoms with E-state index in [9.17, 15) is 4.79 Å². The number of aromatic nitrogens is 2. The van der Waals surface area contributed by atoms with Crippen LogP contribution in [0, 0.1) is 6.92 Å². The molecule has 27 heavy (non-hydrogen) atoms. The first kappa shape index (κ1) is 20.1. The summed E-state index contributed by atoms with van der Waals surface area (Å²) in [5.41, 5.74) is 8.52. The first-order valence-electron chi connectivity index (χ1n) is 8.48. The van der Waals surface area contributed by atoms with Crippen molar-refractivity contribution in [1.82, 2.24) is 20.6 Å². The number of benzene rings is 1. The molecule has 1 aromatic carbocycles. The van der Waals surface area contributed by atoms with Crippen LogP contribution in [-0.4, -0.2) is 39.6 Å². The van der Waals surface area contributed by atoms with Gasteiger partial charge < -0.3 is 16.2 Å². The van der Waals surface area contributed by atoms with Crippen molar-refractivity contribution >= 4 is 23.3 Å². The quantitative estimate of drug-likeness (QED) is 0.474. The van der Waals surface area contributed by atoms with Gasteiger partial charge in [-0.25, -0.2) is 19.8 Å². The van der Waals surface area contributed by atoms with E-state index in [1.165, 1.54) is 0 Å². The largest absolute Gasteiger partial charge is 0.398 e. The zero-order valence-electron chi connectivity index (χ0n) is 15.6. The molecule has 0 bridgehead atoms. The number of aryl methyl sites for hydroxylation is 1. The van der Waals surface area contributed by atoms with Gasteiger partial charge >= 0.3 is 6.03 Å². The molecule has 1 atom stereocenters. The van der Waals surface area contributed by atoms with Gasteiger partial charge in [0.25, 0.3) is 0 Å². The Morgan fingerprint density at radius 2 is 1.89 bits per heavy atom. The molecule has 0 spiro atoms. The standard InChI is InChI=1S/C19H24N6O2/c1-12(11-26)23-19(27)25-18(24-16-7-5-4-6-8-16)13(2)17(20)15-9-21-14(3)22-10-15/h4-10,12,26H,11,20H2,1-3H3,(H2,23,24,25,27)/t12-/m1/s1. The summed E-state index contributed by atoms with van der Waals surface area (Å²) in [5.74, 6) is 0.930. The lowest BCUT2D eigenvalue weighted by Gasteiger charge is -2.15. The molecule has 0 saturated carbocycles. The lowest BCUT2D eigenvalue weighted by molar-refractivity contribution is 0.224. The first-order valence-corrected chi connectivity index (χ1v) is 8.48. The zero-order valence-corrected chi connectivity index (χ0v) is 15.6. The third-order valence-corrected chi connectivity index (χ3v) is 3.73. The van der Waals surface area contributed by atoms with Gasteiger partial charge in [-0.3, -0.25) is 5.32 Å². The van der Waals surface area contributed by atoms with Crippen LogP contribution in [0.1, 0.15) is 25.2 Å². The maximum absolute atomic E-state index is 12.2. The number of urea groups is 1. The summed E-state index contributed by atoms with van der Waals surface area (Å²) in [6, 6.07) is 8.32. The molecule has 0 fully saturated rings. The highest BCUT2D eigenvalue weighted by atomic mass is 16.3. The Hall–Kier alpha value is -3.26. The van der Waals surface area contributed by atoms with E-state index in [1.54, 1.807) is 33.2 Å². The molecule has 8 nitrogen and oxygen atoms in total. The number of nitrogens with two attached hydrogens (primary N) is 1. The summed E-state index contributed by atoms with van der Waals surface area (Å²) in [6.07, 6.45) is 3.24. The summed E-state index contributed by atoms with van der Waals surface area (Å²) in [4.78, 5) is 25.0. The molecule has 2 aromatic rings. The number of amidine groups is 1. The third-order valence-electron chi connectivity index (χ3n) is 3.73. The second-order valence-corrected chi connectivity index (χ2v) is 6.04. The monoisotopic (exact) mass is 368 g/mol. The predicted octanol–water partition coefficient (Wildman–Crippen LogP) is 1.88. The average molecular weight is 368 g/mol. The topological polar surface area (TPSA) is 126 Å². The van der Waals surface area contributed by atoms with Crippen molar-refractivity contribution in [1.29, 1.82) is 0 Å². The van der Waals surface area contributed by atoms with Crippen LogP contribution in [-0.2, 0) is 0 Å². The van der Waals surface area contributed by atoms with Gasteiger partial charge in [0.05, 0.1) is 18.3 Å². The summed E-state index contributed by atoms with van der Waals surface area (Å²) in [6.45, 7) is 5.06.